The second-order valence-electron chi connectivity index (χ2n) is 4.34. The molecular formula is C13H12F3N3S2. The van der Waals surface area contributed by atoms with E-state index in [1.807, 2.05) is 6.92 Å². The van der Waals surface area contributed by atoms with Gasteiger partial charge in [-0.1, -0.05) is 12.2 Å². The number of anilines is 1. The molecule has 0 aliphatic heterocycles. The number of thiazole rings is 1. The molecule has 0 aliphatic carbocycles. The van der Waals surface area contributed by atoms with Crippen molar-refractivity contribution in [2.75, 3.05) is 5.32 Å². The monoisotopic (exact) mass is 331 g/mol. The fraction of sp³-hybridized carbons (Fsp3) is 0.231. The zero-order valence-corrected chi connectivity index (χ0v) is 12.6. The summed E-state index contributed by atoms with van der Waals surface area (Å²) >= 11 is 6.22. The van der Waals surface area contributed by atoms with Gasteiger partial charge in [-0.25, -0.2) is 4.98 Å². The molecule has 3 N–H and O–H groups in total. The Hall–Kier alpha value is -1.67. The van der Waals surface area contributed by atoms with Crippen molar-refractivity contribution >= 4 is 34.2 Å². The van der Waals surface area contributed by atoms with Crippen LogP contribution >= 0.6 is 23.6 Å². The van der Waals surface area contributed by atoms with Gasteiger partial charge >= 0.3 is 6.18 Å². The summed E-state index contributed by atoms with van der Waals surface area (Å²) in [4.78, 5) is 4.96. The number of benzene rings is 1. The lowest BCUT2D eigenvalue weighted by Crippen LogP contribution is -2.18. The first kappa shape index (κ1) is 15.7. The molecule has 8 heteroatoms. The number of rotatable bonds is 4. The van der Waals surface area contributed by atoms with Crippen molar-refractivity contribution in [3.8, 4) is 0 Å². The van der Waals surface area contributed by atoms with Crippen LogP contribution in [0, 0.1) is 6.92 Å². The number of nitrogens with two attached hydrogens (primary N) is 1. The van der Waals surface area contributed by atoms with E-state index >= 15 is 0 Å². The van der Waals surface area contributed by atoms with Crippen LogP contribution in [0.3, 0.4) is 0 Å². The molecule has 1 aromatic heterocycles. The standard InChI is InChI=1S/C13H12F3N3S2/c1-7-5-19-11(21-7)6-18-8-2-3-10(13(14,15)16)9(4-8)12(17)20/h2-5,18H,6H2,1H3,(H2,17,20). The molecule has 0 saturated carbocycles. The minimum Gasteiger partial charge on any atom is -0.389 e. The van der Waals surface area contributed by atoms with E-state index in [-0.39, 0.29) is 10.6 Å². The van der Waals surface area contributed by atoms with Gasteiger partial charge < -0.3 is 11.1 Å². The Balaban J connectivity index is 2.22. The van der Waals surface area contributed by atoms with Crippen LogP contribution in [0.1, 0.15) is 21.0 Å². The number of hydrogen-bond donors (Lipinski definition) is 2. The zero-order chi connectivity index (χ0) is 15.6. The Labute approximate surface area is 129 Å². The highest BCUT2D eigenvalue weighted by Crippen LogP contribution is 2.33. The molecular weight excluding hydrogens is 319 g/mol. The molecule has 0 aliphatic rings. The first-order valence-corrected chi connectivity index (χ1v) is 7.16. The second kappa shape index (κ2) is 5.98. The van der Waals surface area contributed by atoms with E-state index in [2.05, 4.69) is 10.3 Å². The summed E-state index contributed by atoms with van der Waals surface area (Å²) in [5.74, 6) is 0. The summed E-state index contributed by atoms with van der Waals surface area (Å²) < 4.78 is 38.6. The van der Waals surface area contributed by atoms with Crippen molar-refractivity contribution in [2.24, 2.45) is 5.73 Å². The summed E-state index contributed by atoms with van der Waals surface area (Å²) in [6, 6.07) is 3.64. The van der Waals surface area contributed by atoms with Crippen molar-refractivity contribution < 1.29 is 13.2 Å². The maximum Gasteiger partial charge on any atom is 0.417 e. The van der Waals surface area contributed by atoms with Gasteiger partial charge in [-0.05, 0) is 25.1 Å². The van der Waals surface area contributed by atoms with E-state index in [9.17, 15) is 13.2 Å². The summed E-state index contributed by atoms with van der Waals surface area (Å²) in [6.07, 6.45) is -2.74. The topological polar surface area (TPSA) is 50.9 Å². The van der Waals surface area contributed by atoms with Gasteiger partial charge in [0, 0.05) is 22.3 Å². The molecule has 112 valence electrons. The van der Waals surface area contributed by atoms with Crippen LogP contribution in [0.5, 0.6) is 0 Å². The molecule has 0 unspecified atom stereocenters. The van der Waals surface area contributed by atoms with Crippen LogP contribution in [-0.2, 0) is 12.7 Å². The SMILES string of the molecule is Cc1cnc(CNc2ccc(C(F)(F)F)c(C(N)=S)c2)s1. The number of aromatic nitrogens is 1. The molecule has 21 heavy (non-hydrogen) atoms. The third kappa shape index (κ3) is 3.92. The van der Waals surface area contributed by atoms with Crippen LogP contribution in [0.25, 0.3) is 0 Å². The maximum atomic E-state index is 12.9. The molecule has 1 aromatic carbocycles. The maximum absolute atomic E-state index is 12.9. The van der Waals surface area contributed by atoms with Gasteiger partial charge in [-0.3, -0.25) is 0 Å². The molecule has 1 heterocycles. The van der Waals surface area contributed by atoms with E-state index in [4.69, 9.17) is 18.0 Å². The highest BCUT2D eigenvalue weighted by atomic mass is 32.1. The smallest absolute Gasteiger partial charge is 0.389 e. The molecule has 0 atom stereocenters. The zero-order valence-electron chi connectivity index (χ0n) is 11.0. The van der Waals surface area contributed by atoms with E-state index in [0.717, 1.165) is 16.0 Å². The minimum absolute atomic E-state index is 0.183. The number of hydrogen-bond acceptors (Lipinski definition) is 4. The van der Waals surface area contributed by atoms with Crippen LogP contribution < -0.4 is 11.1 Å². The van der Waals surface area contributed by atoms with Gasteiger partial charge in [0.25, 0.3) is 0 Å². The molecule has 0 spiro atoms. The molecule has 2 rings (SSSR count). The van der Waals surface area contributed by atoms with Gasteiger partial charge in [-0.2, -0.15) is 13.2 Å². The van der Waals surface area contributed by atoms with Crippen molar-refractivity contribution in [1.82, 2.24) is 4.98 Å². The first-order valence-electron chi connectivity index (χ1n) is 5.93. The fourth-order valence-electron chi connectivity index (χ4n) is 1.77. The number of alkyl halides is 3. The van der Waals surface area contributed by atoms with Crippen LogP contribution in [0.4, 0.5) is 18.9 Å². The van der Waals surface area contributed by atoms with Crippen LogP contribution in [-0.4, -0.2) is 9.97 Å². The largest absolute Gasteiger partial charge is 0.417 e. The predicted molar refractivity (Wildman–Crippen MR) is 81.5 cm³/mol. The van der Waals surface area contributed by atoms with Gasteiger partial charge in [-0.15, -0.1) is 11.3 Å². The normalized spacial score (nSPS) is 11.4. The lowest BCUT2D eigenvalue weighted by molar-refractivity contribution is -0.137. The molecule has 0 amide bonds. The quantitative estimate of drug-likeness (QED) is 0.839. The molecule has 0 saturated heterocycles. The average molecular weight is 331 g/mol. The summed E-state index contributed by atoms with van der Waals surface area (Å²) in [5, 5.41) is 3.86. The van der Waals surface area contributed by atoms with Crippen molar-refractivity contribution in [2.45, 2.75) is 19.6 Å². The van der Waals surface area contributed by atoms with Gasteiger partial charge in [0.05, 0.1) is 12.1 Å². The third-order valence-corrected chi connectivity index (χ3v) is 3.84. The van der Waals surface area contributed by atoms with E-state index in [0.29, 0.717) is 12.2 Å². The Bertz CT molecular complexity index is 665. The Kier molecular flexibility index (Phi) is 4.48. The highest BCUT2D eigenvalue weighted by Gasteiger charge is 2.34. The van der Waals surface area contributed by atoms with Gasteiger partial charge in [0.2, 0.25) is 0 Å². The molecule has 0 radical (unpaired) electrons. The Morgan fingerprint density at radius 2 is 2.14 bits per heavy atom. The summed E-state index contributed by atoms with van der Waals surface area (Å²) in [6.45, 7) is 2.37. The fourth-order valence-corrected chi connectivity index (χ4v) is 2.66. The van der Waals surface area contributed by atoms with Crippen LogP contribution in [0.2, 0.25) is 0 Å². The number of nitrogens with one attached hydrogen (secondary N) is 1. The second-order valence-corrected chi connectivity index (χ2v) is 6.10. The van der Waals surface area contributed by atoms with Gasteiger partial charge in [0.15, 0.2) is 0 Å². The highest BCUT2D eigenvalue weighted by molar-refractivity contribution is 7.80. The Morgan fingerprint density at radius 1 is 1.43 bits per heavy atom. The average Bonchev–Trinajstić information content (AvgIpc) is 2.80. The lowest BCUT2D eigenvalue weighted by Gasteiger charge is -2.14. The molecule has 0 bridgehead atoms. The Morgan fingerprint density at radius 3 is 2.67 bits per heavy atom. The molecule has 2 aromatic rings. The van der Waals surface area contributed by atoms with E-state index < -0.39 is 11.7 Å². The van der Waals surface area contributed by atoms with E-state index in [1.165, 1.54) is 23.5 Å². The van der Waals surface area contributed by atoms with Gasteiger partial charge in [0.1, 0.15) is 10.00 Å². The number of halogens is 3. The molecule has 0 fully saturated rings. The predicted octanol–water partition coefficient (Wildman–Crippen LogP) is 3.72. The summed E-state index contributed by atoms with van der Waals surface area (Å²) in [5.41, 5.74) is 4.89. The lowest BCUT2D eigenvalue weighted by atomic mass is 10.1. The van der Waals surface area contributed by atoms with Crippen LogP contribution in [0.15, 0.2) is 24.4 Å². The number of nitrogens with zero attached hydrogens (tertiary/aromatic N) is 1. The summed E-state index contributed by atoms with van der Waals surface area (Å²) in [7, 11) is 0. The number of aryl methyl sites for hydroxylation is 1. The van der Waals surface area contributed by atoms with Crippen molar-refractivity contribution in [3.05, 3.63) is 45.4 Å². The molecule has 3 nitrogen and oxygen atoms in total. The van der Waals surface area contributed by atoms with Crippen molar-refractivity contribution in [3.63, 3.8) is 0 Å². The van der Waals surface area contributed by atoms with E-state index in [1.54, 1.807) is 6.20 Å². The minimum atomic E-state index is -4.48. The van der Waals surface area contributed by atoms with Crippen molar-refractivity contribution in [1.29, 1.82) is 0 Å². The first-order chi connectivity index (χ1) is 9.77. The number of thiocarbonyl (C=S) groups is 1. The third-order valence-electron chi connectivity index (χ3n) is 2.70.